The quantitative estimate of drug-likeness (QED) is 0.599. The van der Waals surface area contributed by atoms with Crippen LogP contribution in [0, 0.1) is 0 Å². The number of aromatic nitrogens is 2. The van der Waals surface area contributed by atoms with Crippen molar-refractivity contribution in [2.24, 2.45) is 5.73 Å². The van der Waals surface area contributed by atoms with Crippen LogP contribution in [-0.4, -0.2) is 28.1 Å². The van der Waals surface area contributed by atoms with E-state index in [1.807, 2.05) is 30.3 Å². The van der Waals surface area contributed by atoms with Gasteiger partial charge < -0.3 is 15.8 Å². The van der Waals surface area contributed by atoms with Crippen molar-refractivity contribution < 1.29 is 4.74 Å². The molecule has 2 aromatic rings. The summed E-state index contributed by atoms with van der Waals surface area (Å²) in [6, 6.07) is 9.71. The zero-order valence-electron chi connectivity index (χ0n) is 11.0. The molecule has 0 unspecified atom stereocenters. The molecule has 0 bridgehead atoms. The van der Waals surface area contributed by atoms with E-state index in [-0.39, 0.29) is 4.99 Å². The Morgan fingerprint density at radius 2 is 1.95 bits per heavy atom. The molecule has 0 spiro atoms. The van der Waals surface area contributed by atoms with Crippen molar-refractivity contribution in [2.45, 2.75) is 6.42 Å². The van der Waals surface area contributed by atoms with Gasteiger partial charge in [-0.3, -0.25) is 0 Å². The van der Waals surface area contributed by atoms with E-state index in [0.29, 0.717) is 24.7 Å². The van der Waals surface area contributed by atoms with Gasteiger partial charge in [0.05, 0.1) is 6.61 Å². The lowest BCUT2D eigenvalue weighted by Crippen LogP contribution is -2.17. The number of hydrogen-bond donors (Lipinski definition) is 2. The highest BCUT2D eigenvalue weighted by Gasteiger charge is 2.06. The zero-order chi connectivity index (χ0) is 14.2. The number of hydrogen-bond acceptors (Lipinski definition) is 5. The molecular formula is C14H16N4OS. The number of rotatable bonds is 7. The highest BCUT2D eigenvalue weighted by Crippen LogP contribution is 2.09. The topological polar surface area (TPSA) is 73.1 Å². The summed E-state index contributed by atoms with van der Waals surface area (Å²) < 4.78 is 5.60. The monoisotopic (exact) mass is 288 g/mol. The Morgan fingerprint density at radius 3 is 2.70 bits per heavy atom. The minimum atomic E-state index is 0.237. The fourth-order valence-corrected chi connectivity index (χ4v) is 1.78. The standard InChI is InChI=1S/C14H16N4OS/c15-13(20)12-14(18-9-8-16-12)17-7-4-10-19-11-5-2-1-3-6-11/h1-3,5-6,8-9H,4,7,10H2,(H2,15,20)(H,17,18). The average molecular weight is 288 g/mol. The van der Waals surface area contributed by atoms with Crippen molar-refractivity contribution in [3.63, 3.8) is 0 Å². The third-order valence-corrected chi connectivity index (χ3v) is 2.75. The maximum absolute atomic E-state index is 5.60. The van der Waals surface area contributed by atoms with Gasteiger partial charge in [-0.2, -0.15) is 0 Å². The number of ether oxygens (including phenoxy) is 1. The third-order valence-electron chi connectivity index (χ3n) is 2.56. The van der Waals surface area contributed by atoms with Crippen LogP contribution in [0.1, 0.15) is 12.1 Å². The predicted octanol–water partition coefficient (Wildman–Crippen LogP) is 1.99. The molecule has 1 aromatic heterocycles. The molecule has 1 heterocycles. The van der Waals surface area contributed by atoms with Crippen molar-refractivity contribution in [3.8, 4) is 5.75 Å². The molecule has 0 aliphatic carbocycles. The Morgan fingerprint density at radius 1 is 1.20 bits per heavy atom. The lowest BCUT2D eigenvalue weighted by Gasteiger charge is -2.09. The van der Waals surface area contributed by atoms with E-state index in [1.54, 1.807) is 12.4 Å². The molecule has 20 heavy (non-hydrogen) atoms. The number of nitrogens with zero attached hydrogens (tertiary/aromatic N) is 2. The second-order valence-electron chi connectivity index (χ2n) is 4.06. The minimum Gasteiger partial charge on any atom is -0.494 e. The second kappa shape index (κ2) is 7.40. The van der Waals surface area contributed by atoms with Crippen LogP contribution < -0.4 is 15.8 Å². The molecule has 0 aliphatic heterocycles. The number of benzene rings is 1. The van der Waals surface area contributed by atoms with Gasteiger partial charge in [0.15, 0.2) is 5.82 Å². The van der Waals surface area contributed by atoms with Crippen LogP contribution in [-0.2, 0) is 0 Å². The first-order chi connectivity index (χ1) is 9.77. The Hall–Kier alpha value is -2.21. The van der Waals surface area contributed by atoms with E-state index in [0.717, 1.165) is 12.2 Å². The summed E-state index contributed by atoms with van der Waals surface area (Å²) in [7, 11) is 0. The summed E-state index contributed by atoms with van der Waals surface area (Å²) >= 11 is 4.93. The van der Waals surface area contributed by atoms with Crippen LogP contribution in [0.2, 0.25) is 0 Å². The molecule has 0 saturated carbocycles. The molecule has 6 heteroatoms. The summed E-state index contributed by atoms with van der Waals surface area (Å²) in [6.45, 7) is 1.33. The Balaban J connectivity index is 1.75. The highest BCUT2D eigenvalue weighted by atomic mass is 32.1. The first kappa shape index (κ1) is 14.2. The summed E-state index contributed by atoms with van der Waals surface area (Å²) in [5.74, 6) is 1.48. The molecule has 0 fully saturated rings. The predicted molar refractivity (Wildman–Crippen MR) is 83.0 cm³/mol. The van der Waals surface area contributed by atoms with Gasteiger partial charge in [0.2, 0.25) is 0 Å². The molecule has 0 radical (unpaired) electrons. The maximum Gasteiger partial charge on any atom is 0.155 e. The van der Waals surface area contributed by atoms with Gasteiger partial charge in [-0.1, -0.05) is 30.4 Å². The van der Waals surface area contributed by atoms with Crippen LogP contribution in [0.25, 0.3) is 0 Å². The Bertz CT molecular complexity index is 562. The van der Waals surface area contributed by atoms with Gasteiger partial charge >= 0.3 is 0 Å². The molecule has 0 atom stereocenters. The normalized spacial score (nSPS) is 10.0. The average Bonchev–Trinajstić information content (AvgIpc) is 2.48. The third kappa shape index (κ3) is 4.17. The van der Waals surface area contributed by atoms with Gasteiger partial charge in [-0.15, -0.1) is 0 Å². The number of anilines is 1. The van der Waals surface area contributed by atoms with E-state index < -0.39 is 0 Å². The van der Waals surface area contributed by atoms with Crippen molar-refractivity contribution in [3.05, 3.63) is 48.4 Å². The molecule has 2 rings (SSSR count). The Labute approximate surface area is 123 Å². The number of nitrogens with two attached hydrogens (primary N) is 1. The van der Waals surface area contributed by atoms with Crippen LogP contribution >= 0.6 is 12.2 Å². The molecule has 3 N–H and O–H groups in total. The smallest absolute Gasteiger partial charge is 0.155 e. The number of nitrogens with one attached hydrogen (secondary N) is 1. The maximum atomic E-state index is 5.60. The summed E-state index contributed by atoms with van der Waals surface area (Å²) in [5, 5.41) is 3.16. The molecular weight excluding hydrogens is 272 g/mol. The summed E-state index contributed by atoms with van der Waals surface area (Å²) in [6.07, 6.45) is 4.00. The van der Waals surface area contributed by atoms with Crippen LogP contribution in [0.15, 0.2) is 42.7 Å². The van der Waals surface area contributed by atoms with Gasteiger partial charge in [0.1, 0.15) is 16.4 Å². The minimum absolute atomic E-state index is 0.237. The highest BCUT2D eigenvalue weighted by molar-refractivity contribution is 7.80. The van der Waals surface area contributed by atoms with Crippen LogP contribution in [0.4, 0.5) is 5.82 Å². The number of thiocarbonyl (C=S) groups is 1. The first-order valence-corrected chi connectivity index (χ1v) is 6.71. The van der Waals surface area contributed by atoms with Crippen LogP contribution in [0.5, 0.6) is 5.75 Å². The van der Waals surface area contributed by atoms with Crippen molar-refractivity contribution in [2.75, 3.05) is 18.5 Å². The van der Waals surface area contributed by atoms with E-state index >= 15 is 0 Å². The lowest BCUT2D eigenvalue weighted by molar-refractivity contribution is 0.315. The van der Waals surface area contributed by atoms with Crippen molar-refractivity contribution in [1.29, 1.82) is 0 Å². The number of para-hydroxylation sites is 1. The van der Waals surface area contributed by atoms with E-state index in [2.05, 4.69) is 15.3 Å². The van der Waals surface area contributed by atoms with Gasteiger partial charge in [-0.05, 0) is 18.6 Å². The molecule has 0 saturated heterocycles. The van der Waals surface area contributed by atoms with Gasteiger partial charge in [0.25, 0.3) is 0 Å². The SMILES string of the molecule is NC(=S)c1nccnc1NCCCOc1ccccc1. The van der Waals surface area contributed by atoms with E-state index in [4.69, 9.17) is 22.7 Å². The fraction of sp³-hybridized carbons (Fsp3) is 0.214. The zero-order valence-corrected chi connectivity index (χ0v) is 11.8. The Kier molecular flexibility index (Phi) is 5.25. The molecule has 5 nitrogen and oxygen atoms in total. The molecule has 0 aliphatic rings. The summed E-state index contributed by atoms with van der Waals surface area (Å²) in [4.78, 5) is 8.51. The molecule has 1 aromatic carbocycles. The molecule has 0 amide bonds. The summed E-state index contributed by atoms with van der Waals surface area (Å²) in [5.41, 5.74) is 6.11. The molecule has 104 valence electrons. The van der Waals surface area contributed by atoms with Gasteiger partial charge in [0, 0.05) is 18.9 Å². The van der Waals surface area contributed by atoms with Gasteiger partial charge in [-0.25, -0.2) is 9.97 Å². The lowest BCUT2D eigenvalue weighted by atomic mass is 10.3. The largest absolute Gasteiger partial charge is 0.494 e. The first-order valence-electron chi connectivity index (χ1n) is 6.30. The van der Waals surface area contributed by atoms with Crippen molar-refractivity contribution >= 4 is 23.0 Å². The van der Waals surface area contributed by atoms with Crippen LogP contribution in [0.3, 0.4) is 0 Å². The second-order valence-corrected chi connectivity index (χ2v) is 4.50. The van der Waals surface area contributed by atoms with Crippen molar-refractivity contribution in [1.82, 2.24) is 9.97 Å². The fourth-order valence-electron chi connectivity index (χ4n) is 1.63. The van der Waals surface area contributed by atoms with E-state index in [9.17, 15) is 0 Å². The van der Waals surface area contributed by atoms with E-state index in [1.165, 1.54) is 0 Å².